The first-order valence-electron chi connectivity index (χ1n) is 4.03. The molecular weight excluding hydrogens is 168 g/mol. The molecule has 2 heterocycles. The number of nitrogens with zero attached hydrogens (tertiary/aromatic N) is 2. The maximum Gasteiger partial charge on any atom is 0.240 e. The van der Waals surface area contributed by atoms with E-state index in [0.717, 1.165) is 17.5 Å². The summed E-state index contributed by atoms with van der Waals surface area (Å²) < 4.78 is 5.25. The molecule has 0 unspecified atom stereocenters. The molecule has 0 N–H and O–H groups in total. The number of rotatable bonds is 1. The third kappa shape index (κ3) is 1.49. The summed E-state index contributed by atoms with van der Waals surface area (Å²) >= 11 is 0. The van der Waals surface area contributed by atoms with Crippen molar-refractivity contribution in [2.75, 3.05) is 6.61 Å². The summed E-state index contributed by atoms with van der Waals surface area (Å²) in [6.45, 7) is 1.24. The molecule has 0 radical (unpaired) electrons. The second-order valence-corrected chi connectivity index (χ2v) is 2.80. The minimum Gasteiger partial charge on any atom is -0.376 e. The fourth-order valence-electron chi connectivity index (χ4n) is 1.43. The monoisotopic (exact) mass is 176 g/mol. The second kappa shape index (κ2) is 3.47. The Bertz CT molecular complexity index is 370. The van der Waals surface area contributed by atoms with Gasteiger partial charge in [0.15, 0.2) is 0 Å². The van der Waals surface area contributed by atoms with Gasteiger partial charge in [0.25, 0.3) is 0 Å². The van der Waals surface area contributed by atoms with Gasteiger partial charge >= 0.3 is 0 Å². The van der Waals surface area contributed by atoms with E-state index >= 15 is 0 Å². The Hall–Kier alpha value is -1.51. The molecule has 1 aliphatic rings. The van der Waals surface area contributed by atoms with Gasteiger partial charge in [-0.25, -0.2) is 4.79 Å². The van der Waals surface area contributed by atoms with Crippen molar-refractivity contribution in [3.8, 4) is 0 Å². The lowest BCUT2D eigenvalue weighted by molar-refractivity contribution is 0.110. The van der Waals surface area contributed by atoms with E-state index in [1.54, 1.807) is 12.4 Å². The maximum atomic E-state index is 10.1. The average molecular weight is 176 g/mol. The highest BCUT2D eigenvalue weighted by Gasteiger charge is 2.13. The summed E-state index contributed by atoms with van der Waals surface area (Å²) in [7, 11) is 0. The van der Waals surface area contributed by atoms with Gasteiger partial charge in [-0.2, -0.15) is 4.99 Å². The minimum absolute atomic E-state index is 0.560. The van der Waals surface area contributed by atoms with Crippen molar-refractivity contribution in [1.29, 1.82) is 0 Å². The highest BCUT2D eigenvalue weighted by atomic mass is 16.5. The topological polar surface area (TPSA) is 51.5 Å². The Morgan fingerprint density at radius 1 is 1.54 bits per heavy atom. The SMILES string of the molecule is O=C=Nc1cncc2c1CCOC2. The highest BCUT2D eigenvalue weighted by molar-refractivity contribution is 5.54. The van der Waals surface area contributed by atoms with Crippen molar-refractivity contribution in [2.24, 2.45) is 4.99 Å². The maximum absolute atomic E-state index is 10.1. The van der Waals surface area contributed by atoms with Gasteiger partial charge in [0.05, 0.1) is 25.1 Å². The van der Waals surface area contributed by atoms with Crippen LogP contribution in [-0.4, -0.2) is 17.7 Å². The quantitative estimate of drug-likeness (QED) is 0.476. The van der Waals surface area contributed by atoms with E-state index in [-0.39, 0.29) is 0 Å². The molecule has 0 saturated heterocycles. The van der Waals surface area contributed by atoms with Crippen LogP contribution in [0, 0.1) is 0 Å². The molecule has 1 aromatic rings. The van der Waals surface area contributed by atoms with Crippen molar-refractivity contribution in [3.63, 3.8) is 0 Å². The lowest BCUT2D eigenvalue weighted by Crippen LogP contribution is -2.10. The lowest BCUT2D eigenvalue weighted by atomic mass is 10.0. The molecule has 4 heteroatoms. The van der Waals surface area contributed by atoms with Gasteiger partial charge in [0.2, 0.25) is 6.08 Å². The van der Waals surface area contributed by atoms with Crippen LogP contribution in [0.25, 0.3) is 0 Å². The zero-order valence-electron chi connectivity index (χ0n) is 6.99. The third-order valence-electron chi connectivity index (χ3n) is 2.04. The number of aliphatic imine (C=N–C) groups is 1. The summed E-state index contributed by atoms with van der Waals surface area (Å²) in [6.07, 6.45) is 5.65. The Kier molecular flexibility index (Phi) is 2.17. The first kappa shape index (κ1) is 8.10. The molecule has 2 rings (SSSR count). The number of fused-ring (bicyclic) bond motifs is 1. The summed E-state index contributed by atoms with van der Waals surface area (Å²) in [6, 6.07) is 0. The van der Waals surface area contributed by atoms with Gasteiger partial charge in [0, 0.05) is 11.8 Å². The van der Waals surface area contributed by atoms with Crippen LogP contribution in [0.4, 0.5) is 5.69 Å². The molecule has 0 spiro atoms. The van der Waals surface area contributed by atoms with Crippen LogP contribution < -0.4 is 0 Å². The number of isocyanates is 1. The van der Waals surface area contributed by atoms with Crippen LogP contribution in [0.1, 0.15) is 11.1 Å². The summed E-state index contributed by atoms with van der Waals surface area (Å²) in [4.78, 5) is 17.7. The van der Waals surface area contributed by atoms with Crippen molar-refractivity contribution in [3.05, 3.63) is 23.5 Å². The molecule has 4 nitrogen and oxygen atoms in total. The number of carbonyl (C=O) groups excluding carboxylic acids is 1. The molecule has 0 atom stereocenters. The zero-order chi connectivity index (χ0) is 9.10. The second-order valence-electron chi connectivity index (χ2n) is 2.80. The van der Waals surface area contributed by atoms with E-state index in [1.807, 2.05) is 0 Å². The Morgan fingerprint density at radius 2 is 2.46 bits per heavy atom. The van der Waals surface area contributed by atoms with Crippen molar-refractivity contribution < 1.29 is 9.53 Å². The molecule has 13 heavy (non-hydrogen) atoms. The van der Waals surface area contributed by atoms with Crippen LogP contribution in [0.2, 0.25) is 0 Å². The van der Waals surface area contributed by atoms with Gasteiger partial charge < -0.3 is 4.74 Å². The zero-order valence-corrected chi connectivity index (χ0v) is 6.99. The largest absolute Gasteiger partial charge is 0.376 e. The molecule has 0 aromatic carbocycles. The molecule has 0 bridgehead atoms. The van der Waals surface area contributed by atoms with Crippen LogP contribution in [0.15, 0.2) is 17.4 Å². The van der Waals surface area contributed by atoms with Crippen LogP contribution in [0.5, 0.6) is 0 Å². The molecule has 0 amide bonds. The number of hydrogen-bond donors (Lipinski definition) is 0. The van der Waals surface area contributed by atoms with Gasteiger partial charge in [-0.3, -0.25) is 4.98 Å². The van der Waals surface area contributed by atoms with Gasteiger partial charge in [-0.05, 0) is 12.0 Å². The van der Waals surface area contributed by atoms with Gasteiger partial charge in [-0.1, -0.05) is 0 Å². The first-order valence-corrected chi connectivity index (χ1v) is 4.03. The highest BCUT2D eigenvalue weighted by Crippen LogP contribution is 2.25. The van der Waals surface area contributed by atoms with E-state index in [2.05, 4.69) is 9.98 Å². The van der Waals surface area contributed by atoms with E-state index in [0.29, 0.717) is 18.9 Å². The lowest BCUT2D eigenvalue weighted by Gasteiger charge is -2.16. The summed E-state index contributed by atoms with van der Waals surface area (Å²) in [5.41, 5.74) is 2.70. The van der Waals surface area contributed by atoms with Crippen molar-refractivity contribution in [1.82, 2.24) is 4.98 Å². The Labute approximate surface area is 75.3 Å². The fourth-order valence-corrected chi connectivity index (χ4v) is 1.43. The number of ether oxygens (including phenoxy) is 1. The predicted octanol–water partition coefficient (Wildman–Crippen LogP) is 1.12. The standard InChI is InChI=1S/C9H8N2O2/c12-6-11-9-4-10-3-7-5-13-2-1-8(7)9/h3-4H,1-2,5H2. The van der Waals surface area contributed by atoms with Gasteiger partial charge in [-0.15, -0.1) is 0 Å². The smallest absolute Gasteiger partial charge is 0.240 e. The molecular formula is C9H8N2O2. The number of aromatic nitrogens is 1. The predicted molar refractivity (Wildman–Crippen MR) is 45.4 cm³/mol. The molecule has 0 fully saturated rings. The van der Waals surface area contributed by atoms with E-state index < -0.39 is 0 Å². The summed E-state index contributed by atoms with van der Waals surface area (Å²) in [5, 5.41) is 0. The average Bonchev–Trinajstić information content (AvgIpc) is 2.19. The van der Waals surface area contributed by atoms with E-state index in [4.69, 9.17) is 4.74 Å². The van der Waals surface area contributed by atoms with Gasteiger partial charge in [0.1, 0.15) is 0 Å². The molecule has 0 saturated carbocycles. The Balaban J connectivity index is 2.51. The normalized spacial score (nSPS) is 14.5. The molecule has 1 aliphatic heterocycles. The molecule has 66 valence electrons. The van der Waals surface area contributed by atoms with E-state index in [9.17, 15) is 4.79 Å². The summed E-state index contributed by atoms with van der Waals surface area (Å²) in [5.74, 6) is 0. The minimum atomic E-state index is 0.560. The molecule has 0 aliphatic carbocycles. The van der Waals surface area contributed by atoms with Crippen LogP contribution in [-0.2, 0) is 22.6 Å². The number of hydrogen-bond acceptors (Lipinski definition) is 4. The van der Waals surface area contributed by atoms with Crippen LogP contribution in [0.3, 0.4) is 0 Å². The molecule has 1 aromatic heterocycles. The first-order chi connectivity index (χ1) is 6.42. The van der Waals surface area contributed by atoms with E-state index in [1.165, 1.54) is 6.08 Å². The fraction of sp³-hybridized carbons (Fsp3) is 0.333. The third-order valence-corrected chi connectivity index (χ3v) is 2.04. The van der Waals surface area contributed by atoms with Crippen LogP contribution >= 0.6 is 0 Å². The van der Waals surface area contributed by atoms with Crippen molar-refractivity contribution >= 4 is 11.8 Å². The Morgan fingerprint density at radius 3 is 3.31 bits per heavy atom. The van der Waals surface area contributed by atoms with Crippen molar-refractivity contribution in [2.45, 2.75) is 13.0 Å². The number of pyridine rings is 1.